The summed E-state index contributed by atoms with van der Waals surface area (Å²) in [5.41, 5.74) is 1.99. The van der Waals surface area contributed by atoms with Gasteiger partial charge in [-0.3, -0.25) is 19.6 Å². The Kier molecular flexibility index (Phi) is 6.32. The number of rotatable bonds is 7. The van der Waals surface area contributed by atoms with Gasteiger partial charge in [0, 0.05) is 36.4 Å². The largest absolute Gasteiger partial charge is 0.339 e. The zero-order chi connectivity index (χ0) is 19.9. The van der Waals surface area contributed by atoms with Crippen molar-refractivity contribution >= 4 is 28.4 Å². The van der Waals surface area contributed by atoms with E-state index in [-0.39, 0.29) is 17.5 Å². The number of para-hydroxylation sites is 1. The molecule has 28 heavy (non-hydrogen) atoms. The summed E-state index contributed by atoms with van der Waals surface area (Å²) in [6, 6.07) is 12.6. The van der Waals surface area contributed by atoms with Gasteiger partial charge in [0.1, 0.15) is 5.69 Å². The van der Waals surface area contributed by atoms with Crippen LogP contribution in [0.5, 0.6) is 0 Å². The molecule has 0 radical (unpaired) electrons. The van der Waals surface area contributed by atoms with E-state index >= 15 is 0 Å². The predicted octanol–water partition coefficient (Wildman–Crippen LogP) is 4.14. The van der Waals surface area contributed by atoms with E-state index in [9.17, 15) is 9.59 Å². The summed E-state index contributed by atoms with van der Waals surface area (Å²) >= 11 is 0. The van der Waals surface area contributed by atoms with Gasteiger partial charge in [-0.25, -0.2) is 0 Å². The van der Waals surface area contributed by atoms with E-state index in [0.717, 1.165) is 18.2 Å². The molecule has 0 bridgehead atoms. The van der Waals surface area contributed by atoms with Gasteiger partial charge in [0.15, 0.2) is 0 Å². The number of hydrogen-bond acceptors (Lipinski definition) is 4. The van der Waals surface area contributed by atoms with Crippen molar-refractivity contribution in [2.75, 3.05) is 18.4 Å². The molecule has 0 atom stereocenters. The van der Waals surface area contributed by atoms with E-state index in [2.05, 4.69) is 15.3 Å². The van der Waals surface area contributed by atoms with Crippen molar-refractivity contribution in [3.8, 4) is 0 Å². The van der Waals surface area contributed by atoms with E-state index in [0.29, 0.717) is 29.9 Å². The summed E-state index contributed by atoms with van der Waals surface area (Å²) in [7, 11) is 0. The Morgan fingerprint density at radius 2 is 1.71 bits per heavy atom. The molecule has 2 heterocycles. The number of benzene rings is 1. The first-order valence-corrected chi connectivity index (χ1v) is 9.54. The van der Waals surface area contributed by atoms with E-state index in [1.807, 2.05) is 43.0 Å². The Morgan fingerprint density at radius 3 is 2.46 bits per heavy atom. The van der Waals surface area contributed by atoms with Gasteiger partial charge in [0.05, 0.1) is 11.2 Å². The Labute approximate surface area is 164 Å². The molecule has 3 aromatic rings. The van der Waals surface area contributed by atoms with Crippen LogP contribution in [0.25, 0.3) is 10.9 Å². The molecule has 0 aliphatic heterocycles. The normalized spacial score (nSPS) is 10.6. The van der Waals surface area contributed by atoms with Crippen molar-refractivity contribution < 1.29 is 9.59 Å². The standard InChI is InChI=1S/C22H24N4O2/c1-3-13-26(14-4-2)22(28)17-10-12-23-19(15-17)21(27)25-18-9-5-7-16-8-6-11-24-20(16)18/h5-12,15H,3-4,13-14H2,1-2H3,(H,25,27). The quantitative estimate of drug-likeness (QED) is 0.672. The number of carbonyl (C=O) groups excluding carboxylic acids is 2. The van der Waals surface area contributed by atoms with Crippen molar-refractivity contribution in [1.82, 2.24) is 14.9 Å². The number of fused-ring (bicyclic) bond motifs is 1. The smallest absolute Gasteiger partial charge is 0.274 e. The minimum atomic E-state index is -0.370. The van der Waals surface area contributed by atoms with E-state index < -0.39 is 0 Å². The van der Waals surface area contributed by atoms with Gasteiger partial charge in [-0.05, 0) is 37.1 Å². The lowest BCUT2D eigenvalue weighted by molar-refractivity contribution is 0.0755. The molecular weight excluding hydrogens is 352 g/mol. The molecule has 1 N–H and O–H groups in total. The van der Waals surface area contributed by atoms with Gasteiger partial charge >= 0.3 is 0 Å². The number of anilines is 1. The topological polar surface area (TPSA) is 75.2 Å². The number of carbonyl (C=O) groups is 2. The van der Waals surface area contributed by atoms with Crippen LogP contribution in [0.15, 0.2) is 54.9 Å². The first kappa shape index (κ1) is 19.5. The number of pyridine rings is 2. The second kappa shape index (κ2) is 9.08. The summed E-state index contributed by atoms with van der Waals surface area (Å²) in [6.07, 6.45) is 4.96. The molecule has 1 aromatic carbocycles. The van der Waals surface area contributed by atoms with Gasteiger partial charge < -0.3 is 10.2 Å². The molecule has 3 rings (SSSR count). The van der Waals surface area contributed by atoms with Crippen LogP contribution >= 0.6 is 0 Å². The van der Waals surface area contributed by atoms with Crippen LogP contribution in [-0.4, -0.2) is 39.8 Å². The minimum Gasteiger partial charge on any atom is -0.339 e. The van der Waals surface area contributed by atoms with Gasteiger partial charge in [0.25, 0.3) is 11.8 Å². The molecule has 2 aromatic heterocycles. The third kappa shape index (κ3) is 4.34. The zero-order valence-corrected chi connectivity index (χ0v) is 16.2. The van der Waals surface area contributed by atoms with Gasteiger partial charge in [-0.15, -0.1) is 0 Å². The van der Waals surface area contributed by atoms with E-state index in [1.165, 1.54) is 6.20 Å². The third-order valence-electron chi connectivity index (χ3n) is 4.39. The fourth-order valence-corrected chi connectivity index (χ4v) is 3.12. The SMILES string of the molecule is CCCN(CCC)C(=O)c1ccnc(C(=O)Nc2cccc3cccnc23)c1. The lowest BCUT2D eigenvalue weighted by Crippen LogP contribution is -2.32. The molecule has 0 aliphatic carbocycles. The van der Waals surface area contributed by atoms with Gasteiger partial charge in [0.2, 0.25) is 0 Å². The molecule has 2 amide bonds. The van der Waals surface area contributed by atoms with Crippen LogP contribution in [-0.2, 0) is 0 Å². The second-order valence-electron chi connectivity index (χ2n) is 6.56. The van der Waals surface area contributed by atoms with Crippen molar-refractivity contribution in [3.05, 3.63) is 66.1 Å². The fraction of sp³-hybridized carbons (Fsp3) is 0.273. The predicted molar refractivity (Wildman–Crippen MR) is 110 cm³/mol. The highest BCUT2D eigenvalue weighted by Crippen LogP contribution is 2.21. The van der Waals surface area contributed by atoms with E-state index in [1.54, 1.807) is 24.4 Å². The maximum absolute atomic E-state index is 12.8. The van der Waals surface area contributed by atoms with Crippen molar-refractivity contribution in [1.29, 1.82) is 0 Å². The molecule has 6 heteroatoms. The number of nitrogens with one attached hydrogen (secondary N) is 1. The van der Waals surface area contributed by atoms with Gasteiger partial charge in [-0.2, -0.15) is 0 Å². The molecular formula is C22H24N4O2. The fourth-order valence-electron chi connectivity index (χ4n) is 3.12. The summed E-state index contributed by atoms with van der Waals surface area (Å²) in [4.78, 5) is 35.8. The Morgan fingerprint density at radius 1 is 0.964 bits per heavy atom. The third-order valence-corrected chi connectivity index (χ3v) is 4.39. The average molecular weight is 376 g/mol. The van der Waals surface area contributed by atoms with Crippen LogP contribution < -0.4 is 5.32 Å². The summed E-state index contributed by atoms with van der Waals surface area (Å²) in [6.45, 7) is 5.47. The molecule has 0 aliphatic rings. The summed E-state index contributed by atoms with van der Waals surface area (Å²) in [5, 5.41) is 3.80. The molecule has 0 unspecified atom stereocenters. The average Bonchev–Trinajstić information content (AvgIpc) is 2.73. The number of amides is 2. The summed E-state index contributed by atoms with van der Waals surface area (Å²) < 4.78 is 0. The highest BCUT2D eigenvalue weighted by atomic mass is 16.2. The van der Waals surface area contributed by atoms with Crippen molar-refractivity contribution in [2.24, 2.45) is 0 Å². The number of nitrogens with zero attached hydrogens (tertiary/aromatic N) is 3. The van der Waals surface area contributed by atoms with Crippen LogP contribution in [0.2, 0.25) is 0 Å². The van der Waals surface area contributed by atoms with Crippen LogP contribution in [0, 0.1) is 0 Å². The van der Waals surface area contributed by atoms with Gasteiger partial charge in [-0.1, -0.05) is 32.0 Å². The highest BCUT2D eigenvalue weighted by molar-refractivity contribution is 6.08. The number of hydrogen-bond donors (Lipinski definition) is 1. The maximum Gasteiger partial charge on any atom is 0.274 e. The van der Waals surface area contributed by atoms with E-state index in [4.69, 9.17) is 0 Å². The van der Waals surface area contributed by atoms with Crippen molar-refractivity contribution in [3.63, 3.8) is 0 Å². The molecule has 0 saturated carbocycles. The maximum atomic E-state index is 12.8. The molecule has 6 nitrogen and oxygen atoms in total. The highest BCUT2D eigenvalue weighted by Gasteiger charge is 2.17. The Balaban J connectivity index is 1.83. The first-order valence-electron chi connectivity index (χ1n) is 9.54. The van der Waals surface area contributed by atoms with Crippen LogP contribution in [0.3, 0.4) is 0 Å². The zero-order valence-electron chi connectivity index (χ0n) is 16.2. The minimum absolute atomic E-state index is 0.0769. The lowest BCUT2D eigenvalue weighted by atomic mass is 10.1. The Bertz CT molecular complexity index is 976. The number of aromatic nitrogens is 2. The second-order valence-corrected chi connectivity index (χ2v) is 6.56. The monoisotopic (exact) mass is 376 g/mol. The lowest BCUT2D eigenvalue weighted by Gasteiger charge is -2.21. The van der Waals surface area contributed by atoms with Crippen molar-refractivity contribution in [2.45, 2.75) is 26.7 Å². The molecule has 0 fully saturated rings. The Hall–Kier alpha value is -3.28. The molecule has 144 valence electrons. The first-order chi connectivity index (χ1) is 13.6. The van der Waals surface area contributed by atoms with Crippen LogP contribution in [0.1, 0.15) is 47.5 Å². The van der Waals surface area contributed by atoms with Crippen LogP contribution in [0.4, 0.5) is 5.69 Å². The molecule has 0 saturated heterocycles. The molecule has 0 spiro atoms. The summed E-state index contributed by atoms with van der Waals surface area (Å²) in [5.74, 6) is -0.447.